The highest BCUT2D eigenvalue weighted by Crippen LogP contribution is 2.34. The zero-order chi connectivity index (χ0) is 31.2. The van der Waals surface area contributed by atoms with E-state index in [9.17, 15) is 19.2 Å². The van der Waals surface area contributed by atoms with Gasteiger partial charge in [0.1, 0.15) is 17.4 Å². The number of fused-ring (bicyclic) bond motifs is 3. The van der Waals surface area contributed by atoms with E-state index in [0.717, 1.165) is 10.9 Å². The summed E-state index contributed by atoms with van der Waals surface area (Å²) in [6.07, 6.45) is 3.70. The molecule has 2 aliphatic rings. The van der Waals surface area contributed by atoms with E-state index in [1.165, 1.54) is 13.3 Å². The first-order valence-electron chi connectivity index (χ1n) is 14.5. The van der Waals surface area contributed by atoms with Crippen molar-refractivity contribution in [3.8, 4) is 11.3 Å². The van der Waals surface area contributed by atoms with Gasteiger partial charge in [0.25, 0.3) is 11.8 Å². The van der Waals surface area contributed by atoms with Gasteiger partial charge in [-0.25, -0.2) is 4.79 Å². The molecule has 2 bridgehead atoms. The summed E-state index contributed by atoms with van der Waals surface area (Å²) >= 11 is 0. The smallest absolute Gasteiger partial charge is 0.339 e. The molecule has 6 rings (SSSR count). The number of nitrogens with zero attached hydrogens (tertiary/aromatic N) is 4. The Bertz CT molecular complexity index is 1710. The van der Waals surface area contributed by atoms with Gasteiger partial charge in [-0.2, -0.15) is 0 Å². The molecule has 4 aromatic rings. The maximum Gasteiger partial charge on any atom is 0.339 e. The fourth-order valence-electron chi connectivity index (χ4n) is 6.03. The van der Waals surface area contributed by atoms with Crippen LogP contribution in [0.2, 0.25) is 0 Å². The van der Waals surface area contributed by atoms with E-state index in [1.807, 2.05) is 49.9 Å². The Morgan fingerprint density at radius 2 is 1.70 bits per heavy atom. The molecule has 3 aromatic heterocycles. The van der Waals surface area contributed by atoms with E-state index < -0.39 is 17.4 Å². The molecule has 3 unspecified atom stereocenters. The van der Waals surface area contributed by atoms with Gasteiger partial charge in [-0.15, -0.1) is 0 Å². The van der Waals surface area contributed by atoms with Gasteiger partial charge >= 0.3 is 5.97 Å². The third kappa shape index (κ3) is 5.41. The van der Waals surface area contributed by atoms with Gasteiger partial charge in [-0.3, -0.25) is 24.4 Å². The maximum absolute atomic E-state index is 13.9. The molecule has 226 valence electrons. The van der Waals surface area contributed by atoms with Crippen LogP contribution in [0.4, 0.5) is 0 Å². The number of methoxy groups -OCH3 is 1. The molecule has 0 spiro atoms. The van der Waals surface area contributed by atoms with Gasteiger partial charge in [0, 0.05) is 41.9 Å². The zero-order valence-electron chi connectivity index (χ0n) is 25.0. The van der Waals surface area contributed by atoms with Crippen molar-refractivity contribution in [2.24, 2.45) is 5.41 Å². The first-order valence-corrected chi connectivity index (χ1v) is 14.5. The number of aromatic nitrogens is 3. The Morgan fingerprint density at radius 3 is 2.32 bits per heavy atom. The van der Waals surface area contributed by atoms with E-state index in [1.54, 1.807) is 41.4 Å². The second-order valence-corrected chi connectivity index (χ2v) is 12.4. The number of carbonyl (C=O) groups excluding carboxylic acids is 4. The van der Waals surface area contributed by atoms with Crippen LogP contribution in [0.5, 0.6) is 0 Å². The predicted octanol–water partition coefficient (Wildman–Crippen LogP) is 3.68. The lowest BCUT2D eigenvalue weighted by Gasteiger charge is -2.39. The van der Waals surface area contributed by atoms with Crippen LogP contribution in [0.25, 0.3) is 22.2 Å². The number of esters is 1. The van der Waals surface area contributed by atoms with Crippen molar-refractivity contribution in [3.05, 3.63) is 83.9 Å². The summed E-state index contributed by atoms with van der Waals surface area (Å²) in [6.45, 7) is 6.61. The van der Waals surface area contributed by atoms with Crippen LogP contribution in [-0.4, -0.2) is 86.8 Å². The lowest BCUT2D eigenvalue weighted by Crippen LogP contribution is -2.59. The van der Waals surface area contributed by atoms with Crippen LogP contribution in [0, 0.1) is 5.41 Å². The summed E-state index contributed by atoms with van der Waals surface area (Å²) in [4.78, 5) is 67.6. The molecular weight excluding hydrogens is 560 g/mol. The lowest BCUT2D eigenvalue weighted by atomic mass is 9.85. The minimum absolute atomic E-state index is 0.129. The molecule has 0 radical (unpaired) electrons. The van der Waals surface area contributed by atoms with Gasteiger partial charge in [0.05, 0.1) is 30.5 Å². The number of pyridine rings is 2. The fourth-order valence-corrected chi connectivity index (χ4v) is 6.03. The lowest BCUT2D eigenvalue weighted by molar-refractivity contribution is -0.138. The van der Waals surface area contributed by atoms with Crippen LogP contribution < -0.4 is 5.32 Å². The second-order valence-electron chi connectivity index (χ2n) is 12.4. The molecule has 2 saturated heterocycles. The Morgan fingerprint density at radius 1 is 0.955 bits per heavy atom. The van der Waals surface area contributed by atoms with Crippen LogP contribution in [0.1, 0.15) is 58.5 Å². The van der Waals surface area contributed by atoms with Crippen molar-refractivity contribution < 1.29 is 23.9 Å². The minimum Gasteiger partial charge on any atom is -0.465 e. The predicted molar refractivity (Wildman–Crippen MR) is 163 cm³/mol. The van der Waals surface area contributed by atoms with Crippen molar-refractivity contribution in [1.82, 2.24) is 30.1 Å². The first kappa shape index (κ1) is 29.0. The molecule has 0 aliphatic carbocycles. The standard InChI is InChI=1S/C33H34N6O5/c1-33(2,3)28(37-29(40)27-13-19-7-5-6-8-25(19)36-27)31(42)39-18-22-14-23(39)17-38(22)30(41)26-12-9-20(15-35-26)24-11-10-21(16-34-24)32(43)44-4/h5-13,15-16,22-23,28,36H,14,17-18H2,1-4H3,(H,37,40). The topological polar surface area (TPSA) is 138 Å². The normalized spacial score (nSPS) is 18.4. The summed E-state index contributed by atoms with van der Waals surface area (Å²) < 4.78 is 4.71. The third-order valence-electron chi connectivity index (χ3n) is 8.41. The van der Waals surface area contributed by atoms with Crippen LogP contribution in [0.3, 0.4) is 0 Å². The molecule has 44 heavy (non-hydrogen) atoms. The van der Waals surface area contributed by atoms with E-state index in [2.05, 4.69) is 20.3 Å². The molecule has 11 nitrogen and oxygen atoms in total. The molecule has 1 aromatic carbocycles. The number of H-pyrrole nitrogens is 1. The summed E-state index contributed by atoms with van der Waals surface area (Å²) in [5.74, 6) is -1.13. The number of nitrogens with one attached hydrogen (secondary N) is 2. The van der Waals surface area contributed by atoms with Crippen molar-refractivity contribution in [2.45, 2.75) is 45.3 Å². The van der Waals surface area contributed by atoms with E-state index in [4.69, 9.17) is 4.74 Å². The summed E-state index contributed by atoms with van der Waals surface area (Å²) in [5, 5.41) is 3.90. The average molecular weight is 595 g/mol. The number of rotatable bonds is 6. The number of hydrogen-bond donors (Lipinski definition) is 2. The monoisotopic (exact) mass is 594 g/mol. The van der Waals surface area contributed by atoms with Gasteiger partial charge in [-0.1, -0.05) is 39.0 Å². The minimum atomic E-state index is -0.741. The summed E-state index contributed by atoms with van der Waals surface area (Å²) in [7, 11) is 1.31. The SMILES string of the molecule is COC(=O)c1ccc(-c2ccc(C(=O)N3CC4CC3CN4C(=O)C(NC(=O)c3cc4ccccc4[nH]3)C(C)(C)C)nc2)nc1. The van der Waals surface area contributed by atoms with E-state index in [-0.39, 0.29) is 29.8 Å². The molecule has 0 saturated carbocycles. The molecule has 3 atom stereocenters. The number of piperazine rings is 1. The number of carbonyl (C=O) groups is 4. The van der Waals surface area contributed by atoms with Crippen molar-refractivity contribution in [1.29, 1.82) is 0 Å². The Labute approximate surface area is 254 Å². The Hall–Kier alpha value is -5.06. The third-order valence-corrected chi connectivity index (χ3v) is 8.41. The number of aromatic amines is 1. The van der Waals surface area contributed by atoms with Crippen LogP contribution >= 0.6 is 0 Å². The number of amides is 3. The van der Waals surface area contributed by atoms with Crippen molar-refractivity contribution in [3.63, 3.8) is 0 Å². The van der Waals surface area contributed by atoms with E-state index >= 15 is 0 Å². The molecular formula is C33H34N6O5. The van der Waals surface area contributed by atoms with Crippen molar-refractivity contribution in [2.75, 3.05) is 20.2 Å². The molecule has 2 aliphatic heterocycles. The highest BCUT2D eigenvalue weighted by Gasteiger charge is 2.50. The van der Waals surface area contributed by atoms with Crippen LogP contribution in [0.15, 0.2) is 67.0 Å². The zero-order valence-corrected chi connectivity index (χ0v) is 25.0. The quantitative estimate of drug-likeness (QED) is 0.325. The molecule has 3 amide bonds. The number of ether oxygens (including phenoxy) is 1. The number of likely N-dealkylation sites (tertiary alicyclic amines) is 2. The maximum atomic E-state index is 13.9. The van der Waals surface area contributed by atoms with Gasteiger partial charge < -0.3 is 24.8 Å². The van der Waals surface area contributed by atoms with E-state index in [0.29, 0.717) is 47.7 Å². The van der Waals surface area contributed by atoms with Crippen LogP contribution in [-0.2, 0) is 9.53 Å². The second kappa shape index (κ2) is 11.2. The average Bonchev–Trinajstić information content (AvgIpc) is 3.77. The molecule has 11 heteroatoms. The molecule has 2 fully saturated rings. The summed E-state index contributed by atoms with van der Waals surface area (Å²) in [6, 6.07) is 15.2. The summed E-state index contributed by atoms with van der Waals surface area (Å²) in [5.41, 5.74) is 2.70. The fraction of sp³-hybridized carbons (Fsp3) is 0.333. The highest BCUT2D eigenvalue weighted by molar-refractivity contribution is 6.00. The van der Waals surface area contributed by atoms with Gasteiger partial charge in [0.2, 0.25) is 5.91 Å². The van der Waals surface area contributed by atoms with Gasteiger partial charge in [-0.05, 0) is 48.2 Å². The number of benzene rings is 1. The molecule has 5 heterocycles. The van der Waals surface area contributed by atoms with Gasteiger partial charge in [0.15, 0.2) is 0 Å². The molecule has 2 N–H and O–H groups in total. The van der Waals surface area contributed by atoms with Crippen molar-refractivity contribution >= 4 is 34.6 Å². The largest absolute Gasteiger partial charge is 0.465 e. The Kier molecular flexibility index (Phi) is 7.40. The first-order chi connectivity index (χ1) is 21.0. The Balaban J connectivity index is 1.11. The number of hydrogen-bond acceptors (Lipinski definition) is 7. The number of para-hydroxylation sites is 1. The highest BCUT2D eigenvalue weighted by atomic mass is 16.5.